The summed E-state index contributed by atoms with van der Waals surface area (Å²) in [5.74, 6) is 0.359. The summed E-state index contributed by atoms with van der Waals surface area (Å²) in [5, 5.41) is 4.06. The van der Waals surface area contributed by atoms with Crippen LogP contribution >= 0.6 is 11.6 Å². The summed E-state index contributed by atoms with van der Waals surface area (Å²) in [6, 6.07) is 8.40. The normalized spacial score (nSPS) is 10.8. The molecule has 0 aliphatic heterocycles. The van der Waals surface area contributed by atoms with Crippen molar-refractivity contribution in [2.45, 2.75) is 19.9 Å². The van der Waals surface area contributed by atoms with Crippen LogP contribution in [-0.2, 0) is 18.4 Å². The SMILES string of the molecule is Cc1cc2cc(CNC(=O)CCCl)ccc2n1C. The molecule has 2 aromatic rings. The topological polar surface area (TPSA) is 34.0 Å². The predicted molar refractivity (Wildman–Crippen MR) is 74.8 cm³/mol. The largest absolute Gasteiger partial charge is 0.352 e. The Morgan fingerprint density at radius 3 is 2.89 bits per heavy atom. The molecule has 0 saturated heterocycles. The number of carbonyl (C=O) groups excluding carboxylic acids is 1. The van der Waals surface area contributed by atoms with Crippen molar-refractivity contribution in [1.29, 1.82) is 0 Å². The van der Waals surface area contributed by atoms with E-state index in [0.717, 1.165) is 5.56 Å². The Balaban J connectivity index is 2.13. The van der Waals surface area contributed by atoms with Crippen molar-refractivity contribution in [1.82, 2.24) is 9.88 Å². The fourth-order valence-corrected chi connectivity index (χ4v) is 2.19. The first-order chi connectivity index (χ1) is 8.61. The number of rotatable bonds is 4. The van der Waals surface area contributed by atoms with E-state index in [1.807, 2.05) is 6.07 Å². The maximum absolute atomic E-state index is 11.3. The van der Waals surface area contributed by atoms with E-state index >= 15 is 0 Å². The van der Waals surface area contributed by atoms with Gasteiger partial charge >= 0.3 is 0 Å². The van der Waals surface area contributed by atoms with Crippen LogP contribution in [0.25, 0.3) is 10.9 Å². The molecule has 1 aromatic heterocycles. The molecule has 0 fully saturated rings. The van der Waals surface area contributed by atoms with E-state index in [1.54, 1.807) is 0 Å². The van der Waals surface area contributed by atoms with Crippen molar-refractivity contribution in [2.75, 3.05) is 5.88 Å². The van der Waals surface area contributed by atoms with E-state index in [9.17, 15) is 4.79 Å². The van der Waals surface area contributed by atoms with Gasteiger partial charge in [0.1, 0.15) is 0 Å². The number of hydrogen-bond donors (Lipinski definition) is 1. The molecule has 96 valence electrons. The van der Waals surface area contributed by atoms with Gasteiger partial charge in [-0.1, -0.05) is 6.07 Å². The Bertz CT molecular complexity index is 574. The molecule has 0 aliphatic carbocycles. The summed E-state index contributed by atoms with van der Waals surface area (Å²) in [6.07, 6.45) is 0.369. The maximum Gasteiger partial charge on any atom is 0.221 e. The highest BCUT2D eigenvalue weighted by atomic mass is 35.5. The Hall–Kier alpha value is -1.48. The van der Waals surface area contributed by atoms with E-state index in [-0.39, 0.29) is 5.91 Å². The molecule has 0 atom stereocenters. The van der Waals surface area contributed by atoms with Crippen LogP contribution in [0.5, 0.6) is 0 Å². The van der Waals surface area contributed by atoms with Gasteiger partial charge in [0.2, 0.25) is 5.91 Å². The molecule has 1 heterocycles. The molecule has 0 saturated carbocycles. The van der Waals surface area contributed by atoms with Crippen LogP contribution < -0.4 is 5.32 Å². The Labute approximate surface area is 112 Å². The second-order valence-electron chi connectivity index (χ2n) is 4.45. The van der Waals surface area contributed by atoms with Gasteiger partial charge < -0.3 is 9.88 Å². The number of nitrogens with one attached hydrogen (secondary N) is 1. The summed E-state index contributed by atoms with van der Waals surface area (Å²) in [6.45, 7) is 2.64. The molecule has 4 heteroatoms. The lowest BCUT2D eigenvalue weighted by Gasteiger charge is -2.05. The number of aromatic nitrogens is 1. The fourth-order valence-electron chi connectivity index (χ4n) is 2.02. The van der Waals surface area contributed by atoms with Gasteiger partial charge in [0.05, 0.1) is 0 Å². The van der Waals surface area contributed by atoms with E-state index in [2.05, 4.69) is 42.1 Å². The van der Waals surface area contributed by atoms with Crippen LogP contribution in [0.1, 0.15) is 17.7 Å². The molecule has 2 rings (SSSR count). The first-order valence-electron chi connectivity index (χ1n) is 5.99. The van der Waals surface area contributed by atoms with Gasteiger partial charge in [-0.3, -0.25) is 4.79 Å². The monoisotopic (exact) mass is 264 g/mol. The lowest BCUT2D eigenvalue weighted by molar-refractivity contribution is -0.120. The van der Waals surface area contributed by atoms with Crippen molar-refractivity contribution < 1.29 is 4.79 Å². The molecule has 0 spiro atoms. The third kappa shape index (κ3) is 2.67. The minimum atomic E-state index is -0.00524. The quantitative estimate of drug-likeness (QED) is 0.847. The maximum atomic E-state index is 11.3. The number of hydrogen-bond acceptors (Lipinski definition) is 1. The highest BCUT2D eigenvalue weighted by Gasteiger charge is 2.04. The summed E-state index contributed by atoms with van der Waals surface area (Å²) in [4.78, 5) is 11.3. The van der Waals surface area contributed by atoms with E-state index < -0.39 is 0 Å². The lowest BCUT2D eigenvalue weighted by Crippen LogP contribution is -2.22. The molecule has 18 heavy (non-hydrogen) atoms. The van der Waals surface area contributed by atoms with Gasteiger partial charge in [0, 0.05) is 42.5 Å². The van der Waals surface area contributed by atoms with Crippen LogP contribution in [0.4, 0.5) is 0 Å². The minimum absolute atomic E-state index is 0.00524. The standard InChI is InChI=1S/C14H17ClN2O/c1-10-7-12-8-11(3-4-13(12)17(10)2)9-16-14(18)5-6-15/h3-4,7-8H,5-6,9H2,1-2H3,(H,16,18). The zero-order valence-electron chi connectivity index (χ0n) is 10.7. The van der Waals surface area contributed by atoms with E-state index in [0.29, 0.717) is 18.8 Å². The first kappa shape index (κ1) is 13.0. The Morgan fingerprint density at radius 2 is 2.17 bits per heavy atom. The molecule has 0 unspecified atom stereocenters. The second kappa shape index (κ2) is 5.44. The highest BCUT2D eigenvalue weighted by Crippen LogP contribution is 2.19. The predicted octanol–water partition coefficient (Wildman–Crippen LogP) is 2.73. The molecule has 0 bridgehead atoms. The average molecular weight is 265 g/mol. The smallest absolute Gasteiger partial charge is 0.221 e. The van der Waals surface area contributed by atoms with Gasteiger partial charge in [-0.05, 0) is 30.7 Å². The van der Waals surface area contributed by atoms with Crippen molar-refractivity contribution in [3.8, 4) is 0 Å². The Morgan fingerprint density at radius 1 is 1.39 bits per heavy atom. The molecule has 0 radical (unpaired) electrons. The fraction of sp³-hybridized carbons (Fsp3) is 0.357. The number of fused-ring (bicyclic) bond motifs is 1. The molecule has 1 N–H and O–H groups in total. The number of benzene rings is 1. The number of amides is 1. The second-order valence-corrected chi connectivity index (χ2v) is 4.83. The number of halogens is 1. The van der Waals surface area contributed by atoms with Crippen molar-refractivity contribution in [2.24, 2.45) is 7.05 Å². The van der Waals surface area contributed by atoms with Crippen molar-refractivity contribution >= 4 is 28.4 Å². The number of carbonyl (C=O) groups is 1. The van der Waals surface area contributed by atoms with Crippen LogP contribution in [0.2, 0.25) is 0 Å². The molecule has 1 amide bonds. The summed E-state index contributed by atoms with van der Waals surface area (Å²) < 4.78 is 2.16. The minimum Gasteiger partial charge on any atom is -0.352 e. The molecular formula is C14H17ClN2O. The lowest BCUT2D eigenvalue weighted by atomic mass is 10.1. The van der Waals surface area contributed by atoms with E-state index in [1.165, 1.54) is 16.6 Å². The van der Waals surface area contributed by atoms with Crippen LogP contribution in [0.15, 0.2) is 24.3 Å². The van der Waals surface area contributed by atoms with Crippen LogP contribution in [0, 0.1) is 6.92 Å². The van der Waals surface area contributed by atoms with Crippen LogP contribution in [0.3, 0.4) is 0 Å². The third-order valence-corrected chi connectivity index (χ3v) is 3.35. The van der Waals surface area contributed by atoms with Gasteiger partial charge in [0.25, 0.3) is 0 Å². The Kier molecular flexibility index (Phi) is 3.92. The van der Waals surface area contributed by atoms with Crippen molar-refractivity contribution in [3.05, 3.63) is 35.5 Å². The summed E-state index contributed by atoms with van der Waals surface area (Å²) in [5.41, 5.74) is 3.55. The van der Waals surface area contributed by atoms with E-state index in [4.69, 9.17) is 11.6 Å². The van der Waals surface area contributed by atoms with Gasteiger partial charge in [0.15, 0.2) is 0 Å². The zero-order chi connectivity index (χ0) is 13.1. The number of aryl methyl sites for hydroxylation is 2. The third-order valence-electron chi connectivity index (χ3n) is 3.16. The number of nitrogens with zero attached hydrogens (tertiary/aromatic N) is 1. The molecule has 0 aliphatic rings. The number of alkyl halides is 1. The van der Waals surface area contributed by atoms with Gasteiger partial charge in [-0.15, -0.1) is 11.6 Å². The van der Waals surface area contributed by atoms with Crippen LogP contribution in [-0.4, -0.2) is 16.4 Å². The van der Waals surface area contributed by atoms with Gasteiger partial charge in [-0.25, -0.2) is 0 Å². The zero-order valence-corrected chi connectivity index (χ0v) is 11.4. The summed E-state index contributed by atoms with van der Waals surface area (Å²) in [7, 11) is 2.06. The molecular weight excluding hydrogens is 248 g/mol. The van der Waals surface area contributed by atoms with Gasteiger partial charge in [-0.2, -0.15) is 0 Å². The highest BCUT2D eigenvalue weighted by molar-refractivity contribution is 6.18. The first-order valence-corrected chi connectivity index (χ1v) is 6.53. The average Bonchev–Trinajstić information content (AvgIpc) is 2.63. The molecule has 1 aromatic carbocycles. The van der Waals surface area contributed by atoms with Crippen molar-refractivity contribution in [3.63, 3.8) is 0 Å². The molecule has 3 nitrogen and oxygen atoms in total. The summed E-state index contributed by atoms with van der Waals surface area (Å²) >= 11 is 5.51.